The standard InChI is InChI=1S/C16H13ClO4/c17-11-6-7-12(16(20)21)13(8-11)15(19)14(9-18)10-4-2-1-3-5-10/h1-8,14,18H,9H2,(H,20,21). The number of halogens is 1. The van der Waals surface area contributed by atoms with Crippen LogP contribution in [0, 0.1) is 0 Å². The van der Waals surface area contributed by atoms with E-state index in [2.05, 4.69) is 0 Å². The molecule has 2 rings (SSSR count). The number of Topliss-reactive ketones (excluding diaryl/α,β-unsaturated/α-hetero) is 1. The molecule has 21 heavy (non-hydrogen) atoms. The van der Waals surface area contributed by atoms with Crippen molar-refractivity contribution in [2.75, 3.05) is 6.61 Å². The monoisotopic (exact) mass is 304 g/mol. The van der Waals surface area contributed by atoms with Gasteiger partial charge in [0, 0.05) is 10.6 Å². The van der Waals surface area contributed by atoms with Crippen molar-refractivity contribution in [3.63, 3.8) is 0 Å². The molecule has 0 aliphatic carbocycles. The van der Waals surface area contributed by atoms with Crippen LogP contribution in [0.4, 0.5) is 0 Å². The van der Waals surface area contributed by atoms with Gasteiger partial charge in [-0.25, -0.2) is 4.79 Å². The zero-order valence-electron chi connectivity index (χ0n) is 11.0. The molecule has 0 fully saturated rings. The highest BCUT2D eigenvalue weighted by Crippen LogP contribution is 2.25. The molecule has 2 N–H and O–H groups in total. The van der Waals surface area contributed by atoms with E-state index < -0.39 is 24.3 Å². The lowest BCUT2D eigenvalue weighted by Gasteiger charge is -2.15. The Morgan fingerprint density at radius 2 is 1.71 bits per heavy atom. The van der Waals surface area contributed by atoms with Crippen LogP contribution in [-0.2, 0) is 0 Å². The molecule has 0 saturated heterocycles. The summed E-state index contributed by atoms with van der Waals surface area (Å²) >= 11 is 5.85. The van der Waals surface area contributed by atoms with E-state index in [9.17, 15) is 19.8 Å². The Balaban J connectivity index is 2.48. The van der Waals surface area contributed by atoms with Gasteiger partial charge in [0.05, 0.1) is 18.1 Å². The van der Waals surface area contributed by atoms with Crippen LogP contribution in [0.5, 0.6) is 0 Å². The number of aromatic carboxylic acids is 1. The van der Waals surface area contributed by atoms with E-state index in [0.29, 0.717) is 5.56 Å². The van der Waals surface area contributed by atoms with Gasteiger partial charge >= 0.3 is 5.97 Å². The first-order valence-electron chi connectivity index (χ1n) is 6.27. The van der Waals surface area contributed by atoms with E-state index in [0.717, 1.165) is 0 Å². The molecule has 1 atom stereocenters. The van der Waals surface area contributed by atoms with Crippen LogP contribution in [0.1, 0.15) is 32.2 Å². The summed E-state index contributed by atoms with van der Waals surface area (Å²) in [6.45, 7) is -0.408. The molecule has 108 valence electrons. The number of carboxylic acids is 1. The van der Waals surface area contributed by atoms with Crippen molar-refractivity contribution < 1.29 is 19.8 Å². The molecule has 2 aromatic rings. The molecule has 0 saturated carbocycles. The van der Waals surface area contributed by atoms with Gasteiger partial charge in [-0.1, -0.05) is 41.9 Å². The Labute approximate surface area is 126 Å². The fourth-order valence-corrected chi connectivity index (χ4v) is 2.29. The summed E-state index contributed by atoms with van der Waals surface area (Å²) in [6.07, 6.45) is 0. The minimum atomic E-state index is -1.21. The van der Waals surface area contributed by atoms with Gasteiger partial charge in [0.2, 0.25) is 0 Å². The summed E-state index contributed by atoms with van der Waals surface area (Å²) in [7, 11) is 0. The van der Waals surface area contributed by atoms with Crippen LogP contribution in [0.2, 0.25) is 5.02 Å². The zero-order valence-corrected chi connectivity index (χ0v) is 11.7. The van der Waals surface area contributed by atoms with E-state index in [-0.39, 0.29) is 16.1 Å². The molecule has 5 heteroatoms. The number of carbonyl (C=O) groups excluding carboxylic acids is 1. The molecule has 0 spiro atoms. The molecule has 0 bridgehead atoms. The maximum absolute atomic E-state index is 12.6. The van der Waals surface area contributed by atoms with Gasteiger partial charge in [-0.3, -0.25) is 4.79 Å². The van der Waals surface area contributed by atoms with Crippen molar-refractivity contribution in [1.82, 2.24) is 0 Å². The van der Waals surface area contributed by atoms with Crippen molar-refractivity contribution in [1.29, 1.82) is 0 Å². The number of ketones is 1. The molecule has 0 aromatic heterocycles. The van der Waals surface area contributed by atoms with Crippen LogP contribution in [0.15, 0.2) is 48.5 Å². The molecule has 2 aromatic carbocycles. The molecule has 0 heterocycles. The number of aliphatic hydroxyl groups is 1. The lowest BCUT2D eigenvalue weighted by Crippen LogP contribution is -2.19. The largest absolute Gasteiger partial charge is 0.478 e. The number of rotatable bonds is 5. The molecular formula is C16H13ClO4. The minimum absolute atomic E-state index is 0.00194. The lowest BCUT2D eigenvalue weighted by molar-refractivity contribution is 0.0690. The van der Waals surface area contributed by atoms with Gasteiger partial charge in [0.1, 0.15) is 0 Å². The van der Waals surface area contributed by atoms with Crippen molar-refractivity contribution in [2.24, 2.45) is 0 Å². The molecule has 0 amide bonds. The van der Waals surface area contributed by atoms with E-state index in [1.807, 2.05) is 0 Å². The summed E-state index contributed by atoms with van der Waals surface area (Å²) in [5.41, 5.74) is 0.498. The highest BCUT2D eigenvalue weighted by molar-refractivity contribution is 6.31. The summed E-state index contributed by atoms with van der Waals surface area (Å²) < 4.78 is 0. The zero-order chi connectivity index (χ0) is 15.4. The second-order valence-electron chi connectivity index (χ2n) is 4.51. The predicted molar refractivity (Wildman–Crippen MR) is 79.0 cm³/mol. The number of hydrogen-bond acceptors (Lipinski definition) is 3. The summed E-state index contributed by atoms with van der Waals surface area (Å²) in [5.74, 6) is -2.49. The van der Waals surface area contributed by atoms with Crippen LogP contribution in [-0.4, -0.2) is 28.6 Å². The first-order valence-corrected chi connectivity index (χ1v) is 6.65. The van der Waals surface area contributed by atoms with E-state index in [1.54, 1.807) is 30.3 Å². The highest BCUT2D eigenvalue weighted by Gasteiger charge is 2.25. The second-order valence-corrected chi connectivity index (χ2v) is 4.94. The summed E-state index contributed by atoms with van der Waals surface area (Å²) in [5, 5.41) is 19.0. The van der Waals surface area contributed by atoms with Gasteiger partial charge in [0.15, 0.2) is 5.78 Å². The average molecular weight is 305 g/mol. The first kappa shape index (κ1) is 15.2. The van der Waals surface area contributed by atoms with Crippen molar-refractivity contribution >= 4 is 23.4 Å². The third kappa shape index (κ3) is 3.29. The third-order valence-corrected chi connectivity index (χ3v) is 3.41. The summed E-state index contributed by atoms with van der Waals surface area (Å²) in [4.78, 5) is 23.8. The molecule has 1 unspecified atom stereocenters. The predicted octanol–water partition coefficient (Wildman–Crippen LogP) is 3.00. The van der Waals surface area contributed by atoms with Gasteiger partial charge < -0.3 is 10.2 Å². The van der Waals surface area contributed by atoms with Crippen LogP contribution in [0.3, 0.4) is 0 Å². The Morgan fingerprint density at radius 1 is 1.05 bits per heavy atom. The van der Waals surface area contributed by atoms with Gasteiger partial charge in [-0.05, 0) is 23.8 Å². The third-order valence-electron chi connectivity index (χ3n) is 3.18. The van der Waals surface area contributed by atoms with Crippen LogP contribution < -0.4 is 0 Å². The smallest absolute Gasteiger partial charge is 0.336 e. The van der Waals surface area contributed by atoms with E-state index in [4.69, 9.17) is 11.6 Å². The molecule has 0 aliphatic heterocycles. The Bertz CT molecular complexity index is 667. The SMILES string of the molecule is O=C(O)c1ccc(Cl)cc1C(=O)C(CO)c1ccccc1. The number of hydrogen-bond donors (Lipinski definition) is 2. The average Bonchev–Trinajstić information content (AvgIpc) is 2.48. The number of carbonyl (C=O) groups is 2. The van der Waals surface area contributed by atoms with E-state index in [1.165, 1.54) is 18.2 Å². The van der Waals surface area contributed by atoms with Gasteiger partial charge in [-0.2, -0.15) is 0 Å². The minimum Gasteiger partial charge on any atom is -0.478 e. The first-order chi connectivity index (χ1) is 10.0. The van der Waals surface area contributed by atoms with Gasteiger partial charge in [-0.15, -0.1) is 0 Å². The van der Waals surface area contributed by atoms with Crippen molar-refractivity contribution in [3.05, 3.63) is 70.2 Å². The fourth-order valence-electron chi connectivity index (χ4n) is 2.12. The fraction of sp³-hybridized carbons (Fsp3) is 0.125. The number of carboxylic acid groups (broad SMARTS) is 1. The molecule has 0 radical (unpaired) electrons. The molecule has 0 aliphatic rings. The Hall–Kier alpha value is -2.17. The molecule has 4 nitrogen and oxygen atoms in total. The second kappa shape index (κ2) is 6.52. The van der Waals surface area contributed by atoms with Crippen LogP contribution in [0.25, 0.3) is 0 Å². The molecular weight excluding hydrogens is 292 g/mol. The van der Waals surface area contributed by atoms with Crippen molar-refractivity contribution in [3.8, 4) is 0 Å². The Kier molecular flexibility index (Phi) is 4.73. The maximum atomic E-state index is 12.6. The topological polar surface area (TPSA) is 74.6 Å². The maximum Gasteiger partial charge on any atom is 0.336 e. The van der Waals surface area contributed by atoms with Crippen LogP contribution >= 0.6 is 11.6 Å². The number of aliphatic hydroxyl groups excluding tert-OH is 1. The van der Waals surface area contributed by atoms with Gasteiger partial charge in [0.25, 0.3) is 0 Å². The summed E-state index contributed by atoms with van der Waals surface area (Å²) in [6, 6.07) is 12.7. The Morgan fingerprint density at radius 3 is 2.29 bits per heavy atom. The van der Waals surface area contributed by atoms with Crippen molar-refractivity contribution in [2.45, 2.75) is 5.92 Å². The highest BCUT2D eigenvalue weighted by atomic mass is 35.5. The van der Waals surface area contributed by atoms with E-state index >= 15 is 0 Å². The number of benzene rings is 2. The lowest BCUT2D eigenvalue weighted by atomic mass is 9.89. The normalized spacial score (nSPS) is 11.9. The quantitative estimate of drug-likeness (QED) is 0.833.